The molecule has 0 aliphatic heterocycles. The molecule has 0 fully saturated rings. The van der Waals surface area contributed by atoms with E-state index in [9.17, 15) is 36.3 Å². The summed E-state index contributed by atoms with van der Waals surface area (Å²) < 4.78 is 66.0. The van der Waals surface area contributed by atoms with E-state index in [1.807, 2.05) is 0 Å². The maximum Gasteiger partial charge on any atom is 0.431 e. The highest BCUT2D eigenvalue weighted by molar-refractivity contribution is 5.94. The normalized spacial score (nSPS) is 11.6. The molecule has 0 aliphatic rings. The van der Waals surface area contributed by atoms with E-state index >= 15 is 0 Å². The summed E-state index contributed by atoms with van der Waals surface area (Å²) >= 11 is 0. The van der Waals surface area contributed by atoms with E-state index < -0.39 is 51.8 Å². The fourth-order valence-electron chi connectivity index (χ4n) is 2.10. The lowest BCUT2D eigenvalue weighted by Crippen LogP contribution is -2.41. The summed E-state index contributed by atoms with van der Waals surface area (Å²) in [5, 5.41) is 0. The number of benzene rings is 1. The van der Waals surface area contributed by atoms with Gasteiger partial charge in [0.1, 0.15) is 17.3 Å². The third-order valence-corrected chi connectivity index (χ3v) is 3.27. The van der Waals surface area contributed by atoms with Crippen molar-refractivity contribution in [1.82, 2.24) is 9.13 Å². The lowest BCUT2D eigenvalue weighted by molar-refractivity contribution is -0.144. The topological polar surface area (TPSA) is 61.1 Å². The zero-order chi connectivity index (χ0) is 18.4. The lowest BCUT2D eigenvalue weighted by atomic mass is 10.1. The Labute approximate surface area is 130 Å². The van der Waals surface area contributed by atoms with Gasteiger partial charge in [-0.25, -0.2) is 18.1 Å². The molecule has 1 aromatic heterocycles. The standard InChI is InChI=1S/C14H9F5N2O3/c1-6(22)7-3-10(9(16)4-8(7)15)21-12(23)5-11(14(17,18)19)20(2)13(21)24/h3-5H,1-2H3. The largest absolute Gasteiger partial charge is 0.431 e. The van der Waals surface area contributed by atoms with Gasteiger partial charge in [-0.3, -0.25) is 14.2 Å². The first-order chi connectivity index (χ1) is 10.9. The molecule has 10 heteroatoms. The van der Waals surface area contributed by atoms with Crippen LogP contribution in [0.15, 0.2) is 27.8 Å². The van der Waals surface area contributed by atoms with Crippen LogP contribution in [0.2, 0.25) is 0 Å². The average molecular weight is 348 g/mol. The number of ketones is 1. The molecule has 2 aromatic rings. The van der Waals surface area contributed by atoms with Crippen molar-refractivity contribution in [3.05, 3.63) is 61.9 Å². The Hall–Kier alpha value is -2.78. The van der Waals surface area contributed by atoms with Gasteiger partial charge in [0.15, 0.2) is 5.78 Å². The number of halogens is 5. The monoisotopic (exact) mass is 348 g/mol. The summed E-state index contributed by atoms with van der Waals surface area (Å²) in [5.74, 6) is -3.41. The minimum absolute atomic E-state index is 0.0937. The molecule has 0 atom stereocenters. The highest BCUT2D eigenvalue weighted by Crippen LogP contribution is 2.27. The second-order valence-electron chi connectivity index (χ2n) is 4.88. The Morgan fingerprint density at radius 1 is 1.04 bits per heavy atom. The highest BCUT2D eigenvalue weighted by atomic mass is 19.4. The van der Waals surface area contributed by atoms with Gasteiger partial charge in [0.05, 0.1) is 11.3 Å². The molecular weight excluding hydrogens is 339 g/mol. The van der Waals surface area contributed by atoms with Crippen molar-refractivity contribution in [3.63, 3.8) is 0 Å². The second-order valence-corrected chi connectivity index (χ2v) is 4.88. The minimum atomic E-state index is -4.97. The van der Waals surface area contributed by atoms with E-state index in [-0.39, 0.29) is 21.3 Å². The first-order valence-corrected chi connectivity index (χ1v) is 6.35. The van der Waals surface area contributed by atoms with Crippen LogP contribution >= 0.6 is 0 Å². The van der Waals surface area contributed by atoms with Crippen molar-refractivity contribution < 1.29 is 26.7 Å². The van der Waals surface area contributed by atoms with E-state index in [0.29, 0.717) is 6.07 Å². The maximum absolute atomic E-state index is 13.9. The number of aromatic nitrogens is 2. The quantitative estimate of drug-likeness (QED) is 0.616. The average Bonchev–Trinajstić information content (AvgIpc) is 2.43. The van der Waals surface area contributed by atoms with Crippen LogP contribution in [0.25, 0.3) is 5.69 Å². The molecule has 0 aliphatic carbocycles. The molecule has 0 spiro atoms. The number of hydrogen-bond donors (Lipinski definition) is 0. The van der Waals surface area contributed by atoms with Crippen LogP contribution in [-0.2, 0) is 13.2 Å². The van der Waals surface area contributed by atoms with Gasteiger partial charge in [0.25, 0.3) is 5.56 Å². The van der Waals surface area contributed by atoms with Crippen LogP contribution < -0.4 is 11.2 Å². The van der Waals surface area contributed by atoms with Crippen molar-refractivity contribution in [2.24, 2.45) is 7.05 Å². The molecule has 1 aromatic carbocycles. The van der Waals surface area contributed by atoms with E-state index in [1.165, 1.54) is 0 Å². The Kier molecular flexibility index (Phi) is 4.17. The van der Waals surface area contributed by atoms with Crippen molar-refractivity contribution in [2.75, 3.05) is 0 Å². The van der Waals surface area contributed by atoms with Crippen LogP contribution in [0.1, 0.15) is 23.0 Å². The molecule has 0 amide bonds. The minimum Gasteiger partial charge on any atom is -0.294 e. The van der Waals surface area contributed by atoms with Crippen molar-refractivity contribution in [1.29, 1.82) is 0 Å². The van der Waals surface area contributed by atoms with Gasteiger partial charge in [-0.1, -0.05) is 0 Å². The highest BCUT2D eigenvalue weighted by Gasteiger charge is 2.35. The molecule has 1 heterocycles. The molecule has 0 saturated carbocycles. The SMILES string of the molecule is CC(=O)c1cc(-n2c(=O)cc(C(F)(F)F)n(C)c2=O)c(F)cc1F. The Bertz CT molecular complexity index is 957. The van der Waals surface area contributed by atoms with Crippen LogP contribution in [0.3, 0.4) is 0 Å². The molecule has 2 rings (SSSR count). The number of alkyl halides is 3. The van der Waals surface area contributed by atoms with Crippen LogP contribution in [-0.4, -0.2) is 14.9 Å². The van der Waals surface area contributed by atoms with E-state index in [1.54, 1.807) is 0 Å². The smallest absolute Gasteiger partial charge is 0.294 e. The summed E-state index contributed by atoms with van der Waals surface area (Å²) in [4.78, 5) is 35.2. The molecule has 0 saturated heterocycles. The summed E-state index contributed by atoms with van der Waals surface area (Å²) in [6.45, 7) is 0.966. The number of carbonyl (C=O) groups excluding carboxylic acids is 1. The van der Waals surface area contributed by atoms with Gasteiger partial charge < -0.3 is 0 Å². The molecule has 0 bridgehead atoms. The van der Waals surface area contributed by atoms with E-state index in [4.69, 9.17) is 0 Å². The summed E-state index contributed by atoms with van der Waals surface area (Å²) in [5.41, 5.74) is -5.91. The summed E-state index contributed by atoms with van der Waals surface area (Å²) in [7, 11) is 0.744. The van der Waals surface area contributed by atoms with E-state index in [2.05, 4.69) is 0 Å². The van der Waals surface area contributed by atoms with Crippen LogP contribution in [0.5, 0.6) is 0 Å². The van der Waals surface area contributed by atoms with Gasteiger partial charge in [0.2, 0.25) is 0 Å². The third kappa shape index (κ3) is 2.86. The second kappa shape index (κ2) is 5.69. The molecule has 24 heavy (non-hydrogen) atoms. The number of nitrogens with zero attached hydrogens (tertiary/aromatic N) is 2. The fourth-order valence-corrected chi connectivity index (χ4v) is 2.10. The zero-order valence-corrected chi connectivity index (χ0v) is 12.2. The number of carbonyl (C=O) groups is 1. The van der Waals surface area contributed by atoms with Gasteiger partial charge in [-0.15, -0.1) is 0 Å². The predicted octanol–water partition coefficient (Wildman–Crippen LogP) is 2.04. The fraction of sp³-hybridized carbons (Fsp3) is 0.214. The molecule has 0 N–H and O–H groups in total. The van der Waals surface area contributed by atoms with Gasteiger partial charge >= 0.3 is 11.9 Å². The van der Waals surface area contributed by atoms with Crippen LogP contribution in [0.4, 0.5) is 22.0 Å². The Morgan fingerprint density at radius 3 is 2.12 bits per heavy atom. The summed E-state index contributed by atoms with van der Waals surface area (Å²) in [6, 6.07) is 0.982. The van der Waals surface area contributed by atoms with Gasteiger partial charge in [-0.2, -0.15) is 13.2 Å². The number of hydrogen-bond acceptors (Lipinski definition) is 3. The molecule has 0 radical (unpaired) electrons. The maximum atomic E-state index is 13.9. The predicted molar refractivity (Wildman–Crippen MR) is 72.2 cm³/mol. The third-order valence-electron chi connectivity index (χ3n) is 3.27. The van der Waals surface area contributed by atoms with Crippen molar-refractivity contribution >= 4 is 5.78 Å². The van der Waals surface area contributed by atoms with Gasteiger partial charge in [0, 0.05) is 19.2 Å². The van der Waals surface area contributed by atoms with Gasteiger partial charge in [-0.05, 0) is 13.0 Å². The molecule has 128 valence electrons. The molecule has 0 unspecified atom stereocenters. The first kappa shape index (κ1) is 17.6. The number of Topliss-reactive ketones (excluding diaryl/α,β-unsaturated/α-hetero) is 1. The van der Waals surface area contributed by atoms with E-state index in [0.717, 1.165) is 14.0 Å². The Balaban J connectivity index is 2.88. The summed E-state index contributed by atoms with van der Waals surface area (Å²) in [6.07, 6.45) is -4.97. The molecular formula is C14H9F5N2O3. The lowest BCUT2D eigenvalue weighted by Gasteiger charge is -2.14. The molecule has 5 nitrogen and oxygen atoms in total. The van der Waals surface area contributed by atoms with Crippen LogP contribution in [0, 0.1) is 11.6 Å². The Morgan fingerprint density at radius 2 is 1.62 bits per heavy atom. The first-order valence-electron chi connectivity index (χ1n) is 6.35. The number of rotatable bonds is 2. The zero-order valence-electron chi connectivity index (χ0n) is 12.2. The van der Waals surface area contributed by atoms with Crippen molar-refractivity contribution in [2.45, 2.75) is 13.1 Å². The van der Waals surface area contributed by atoms with Crippen molar-refractivity contribution in [3.8, 4) is 5.69 Å².